The van der Waals surface area contributed by atoms with Gasteiger partial charge in [-0.15, -0.1) is 0 Å². The minimum atomic E-state index is 0.387. The summed E-state index contributed by atoms with van der Waals surface area (Å²) < 4.78 is 5.82. The van der Waals surface area contributed by atoms with Gasteiger partial charge in [-0.3, -0.25) is 4.90 Å². The molecule has 2 rings (SSSR count). The zero-order valence-electron chi connectivity index (χ0n) is 10.7. The smallest absolute Gasteiger partial charge is 0.0743 e. The lowest BCUT2D eigenvalue weighted by Crippen LogP contribution is -2.55. The molecule has 0 radical (unpaired) electrons. The van der Waals surface area contributed by atoms with E-state index in [1.165, 1.54) is 32.2 Å². The van der Waals surface area contributed by atoms with Crippen molar-refractivity contribution in [3.05, 3.63) is 0 Å². The van der Waals surface area contributed by atoms with E-state index in [0.29, 0.717) is 18.2 Å². The molecule has 2 aliphatic heterocycles. The molecule has 0 aromatic rings. The monoisotopic (exact) mass is 226 g/mol. The van der Waals surface area contributed by atoms with E-state index in [2.05, 4.69) is 18.7 Å². The number of rotatable bonds is 3. The Labute approximate surface area is 99.3 Å². The highest BCUT2D eigenvalue weighted by molar-refractivity contribution is 4.89. The minimum absolute atomic E-state index is 0.387. The third-order valence-electron chi connectivity index (χ3n) is 4.23. The van der Waals surface area contributed by atoms with Crippen LogP contribution in [0.4, 0.5) is 0 Å². The third kappa shape index (κ3) is 2.58. The maximum absolute atomic E-state index is 5.97. The van der Waals surface area contributed by atoms with Gasteiger partial charge >= 0.3 is 0 Å². The summed E-state index contributed by atoms with van der Waals surface area (Å²) in [6.45, 7) is 7.55. The maximum atomic E-state index is 5.97. The summed E-state index contributed by atoms with van der Waals surface area (Å²) in [6, 6.07) is 1.12. The molecule has 2 aliphatic rings. The van der Waals surface area contributed by atoms with Crippen LogP contribution < -0.4 is 5.73 Å². The van der Waals surface area contributed by atoms with Crippen molar-refractivity contribution in [2.75, 3.05) is 19.7 Å². The van der Waals surface area contributed by atoms with Gasteiger partial charge in [-0.25, -0.2) is 0 Å². The van der Waals surface area contributed by atoms with E-state index in [1.54, 1.807) is 0 Å². The molecule has 0 aliphatic carbocycles. The molecule has 0 aromatic carbocycles. The average Bonchev–Trinajstić information content (AvgIpc) is 2.78. The van der Waals surface area contributed by atoms with Gasteiger partial charge in [-0.2, -0.15) is 0 Å². The quantitative estimate of drug-likeness (QED) is 0.794. The summed E-state index contributed by atoms with van der Waals surface area (Å²) in [5.41, 5.74) is 5.97. The largest absolute Gasteiger partial charge is 0.377 e. The number of piperidine rings is 1. The van der Waals surface area contributed by atoms with Gasteiger partial charge in [0.2, 0.25) is 0 Å². The Balaban J connectivity index is 2.00. The Hall–Kier alpha value is -0.120. The van der Waals surface area contributed by atoms with Gasteiger partial charge in [-0.1, -0.05) is 6.92 Å². The number of hydrogen-bond donors (Lipinski definition) is 1. The van der Waals surface area contributed by atoms with Crippen LogP contribution in [0.2, 0.25) is 0 Å². The molecule has 16 heavy (non-hydrogen) atoms. The standard InChI is InChI=1S/C13H26N2O/c1-10-5-6-11(2)15(9-10)12(8-14)13-4-3-7-16-13/h10-13H,3-9,14H2,1-2H3. The summed E-state index contributed by atoms with van der Waals surface area (Å²) in [5.74, 6) is 0.812. The van der Waals surface area contributed by atoms with Crippen molar-refractivity contribution in [1.82, 2.24) is 4.90 Å². The molecular formula is C13H26N2O. The second-order valence-electron chi connectivity index (χ2n) is 5.58. The highest BCUT2D eigenvalue weighted by atomic mass is 16.5. The zero-order chi connectivity index (χ0) is 11.5. The third-order valence-corrected chi connectivity index (χ3v) is 4.23. The Morgan fingerprint density at radius 3 is 2.75 bits per heavy atom. The maximum Gasteiger partial charge on any atom is 0.0743 e. The van der Waals surface area contributed by atoms with Crippen LogP contribution in [0.25, 0.3) is 0 Å². The van der Waals surface area contributed by atoms with E-state index >= 15 is 0 Å². The van der Waals surface area contributed by atoms with E-state index < -0.39 is 0 Å². The molecule has 4 atom stereocenters. The van der Waals surface area contributed by atoms with Crippen molar-refractivity contribution in [2.24, 2.45) is 11.7 Å². The first kappa shape index (κ1) is 12.3. The average molecular weight is 226 g/mol. The summed E-state index contributed by atoms with van der Waals surface area (Å²) >= 11 is 0. The van der Waals surface area contributed by atoms with Crippen LogP contribution in [0, 0.1) is 5.92 Å². The number of nitrogens with zero attached hydrogens (tertiary/aromatic N) is 1. The lowest BCUT2D eigenvalue weighted by atomic mass is 9.92. The Kier molecular flexibility index (Phi) is 4.22. The second-order valence-corrected chi connectivity index (χ2v) is 5.58. The molecule has 0 aromatic heterocycles. The molecule has 0 amide bonds. The van der Waals surface area contributed by atoms with Gasteiger partial charge in [0, 0.05) is 31.8 Å². The summed E-state index contributed by atoms with van der Waals surface area (Å²) in [6.07, 6.45) is 5.46. The summed E-state index contributed by atoms with van der Waals surface area (Å²) in [7, 11) is 0. The van der Waals surface area contributed by atoms with Crippen LogP contribution in [0.15, 0.2) is 0 Å². The molecule has 0 saturated carbocycles. The molecule has 4 unspecified atom stereocenters. The highest BCUT2D eigenvalue weighted by Crippen LogP contribution is 2.27. The highest BCUT2D eigenvalue weighted by Gasteiger charge is 2.34. The topological polar surface area (TPSA) is 38.5 Å². The number of likely N-dealkylation sites (tertiary alicyclic amines) is 1. The fraction of sp³-hybridized carbons (Fsp3) is 1.00. The Morgan fingerprint density at radius 2 is 2.12 bits per heavy atom. The van der Waals surface area contributed by atoms with E-state index in [1.807, 2.05) is 0 Å². The van der Waals surface area contributed by atoms with Crippen molar-refractivity contribution < 1.29 is 4.74 Å². The van der Waals surface area contributed by atoms with Gasteiger partial charge in [-0.05, 0) is 38.5 Å². The van der Waals surface area contributed by atoms with Gasteiger partial charge in [0.05, 0.1) is 6.10 Å². The molecule has 3 nitrogen and oxygen atoms in total. The molecule has 0 bridgehead atoms. The Morgan fingerprint density at radius 1 is 1.31 bits per heavy atom. The fourth-order valence-corrected chi connectivity index (χ4v) is 3.19. The molecule has 94 valence electrons. The Bertz CT molecular complexity index is 216. The van der Waals surface area contributed by atoms with Gasteiger partial charge in [0.15, 0.2) is 0 Å². The lowest BCUT2D eigenvalue weighted by molar-refractivity contribution is -0.0102. The van der Waals surface area contributed by atoms with Crippen molar-refractivity contribution in [2.45, 2.75) is 57.7 Å². The van der Waals surface area contributed by atoms with Gasteiger partial charge in [0.25, 0.3) is 0 Å². The molecule has 2 N–H and O–H groups in total. The lowest BCUT2D eigenvalue weighted by Gasteiger charge is -2.43. The van der Waals surface area contributed by atoms with Crippen molar-refractivity contribution in [3.8, 4) is 0 Å². The number of hydrogen-bond acceptors (Lipinski definition) is 3. The predicted octanol–water partition coefficient (Wildman–Crippen LogP) is 1.61. The van der Waals surface area contributed by atoms with Crippen molar-refractivity contribution in [1.29, 1.82) is 0 Å². The SMILES string of the molecule is CC1CCC(C)N(C(CN)C2CCCO2)C1. The van der Waals surface area contributed by atoms with Crippen LogP contribution in [0.5, 0.6) is 0 Å². The van der Waals surface area contributed by atoms with E-state index in [4.69, 9.17) is 10.5 Å². The first-order valence-corrected chi connectivity index (χ1v) is 6.79. The van der Waals surface area contributed by atoms with Crippen molar-refractivity contribution >= 4 is 0 Å². The molecule has 2 saturated heterocycles. The first-order chi connectivity index (χ1) is 7.72. The fourth-order valence-electron chi connectivity index (χ4n) is 3.19. The van der Waals surface area contributed by atoms with Crippen molar-refractivity contribution in [3.63, 3.8) is 0 Å². The molecular weight excluding hydrogens is 200 g/mol. The van der Waals surface area contributed by atoms with Crippen LogP contribution in [-0.2, 0) is 4.74 Å². The van der Waals surface area contributed by atoms with E-state index in [0.717, 1.165) is 19.1 Å². The molecule has 3 heteroatoms. The van der Waals surface area contributed by atoms with E-state index in [9.17, 15) is 0 Å². The van der Waals surface area contributed by atoms with Crippen LogP contribution >= 0.6 is 0 Å². The van der Waals surface area contributed by atoms with Crippen LogP contribution in [-0.4, -0.2) is 42.8 Å². The molecule has 0 spiro atoms. The van der Waals surface area contributed by atoms with Crippen LogP contribution in [0.3, 0.4) is 0 Å². The van der Waals surface area contributed by atoms with E-state index in [-0.39, 0.29) is 0 Å². The number of nitrogens with two attached hydrogens (primary N) is 1. The molecule has 2 fully saturated rings. The predicted molar refractivity (Wildman–Crippen MR) is 66.4 cm³/mol. The van der Waals surface area contributed by atoms with Gasteiger partial charge < -0.3 is 10.5 Å². The molecule has 2 heterocycles. The second kappa shape index (κ2) is 5.48. The zero-order valence-corrected chi connectivity index (χ0v) is 10.7. The minimum Gasteiger partial charge on any atom is -0.377 e. The summed E-state index contributed by atoms with van der Waals surface area (Å²) in [4.78, 5) is 2.60. The normalized spacial score (nSPS) is 38.8. The first-order valence-electron chi connectivity index (χ1n) is 6.79. The number of ether oxygens (including phenoxy) is 1. The van der Waals surface area contributed by atoms with Gasteiger partial charge in [0.1, 0.15) is 0 Å². The summed E-state index contributed by atoms with van der Waals surface area (Å²) in [5, 5.41) is 0. The van der Waals surface area contributed by atoms with Crippen LogP contribution in [0.1, 0.15) is 39.5 Å².